The molecule has 2 amide bonds. The van der Waals surface area contributed by atoms with Gasteiger partial charge in [-0.3, -0.25) is 14.0 Å². The van der Waals surface area contributed by atoms with Crippen molar-refractivity contribution in [2.75, 3.05) is 13.1 Å². The van der Waals surface area contributed by atoms with Crippen molar-refractivity contribution in [3.8, 4) is 0 Å². The van der Waals surface area contributed by atoms with E-state index < -0.39 is 0 Å². The Morgan fingerprint density at radius 1 is 1.04 bits per heavy atom. The number of fused-ring (bicyclic) bond motifs is 1. The molecule has 3 aromatic rings. The van der Waals surface area contributed by atoms with E-state index in [9.17, 15) is 9.59 Å². The van der Waals surface area contributed by atoms with Gasteiger partial charge in [-0.1, -0.05) is 36.7 Å². The maximum Gasteiger partial charge on any atom is 0.287 e. The normalized spacial score (nSPS) is 10.7. The van der Waals surface area contributed by atoms with E-state index in [1.165, 1.54) is 0 Å². The molecule has 6 nitrogen and oxygen atoms in total. The second-order valence-corrected chi connectivity index (χ2v) is 6.56. The fourth-order valence-electron chi connectivity index (χ4n) is 2.74. The van der Waals surface area contributed by atoms with Gasteiger partial charge in [0.25, 0.3) is 11.8 Å². The van der Waals surface area contributed by atoms with Crippen LogP contribution >= 0.6 is 11.6 Å². The molecule has 0 atom stereocenters. The molecule has 0 unspecified atom stereocenters. The standard InChI is InChI=1S/C20H21ClN4O2/c1-2-11-22-20(27)18-24-17(16-5-3-4-13-25(16)18)19(26)23-12-10-14-6-8-15(21)9-7-14/h3-9,13H,2,10-12H2,1H3,(H,22,27)(H,23,26). The van der Waals surface area contributed by atoms with Gasteiger partial charge < -0.3 is 10.6 Å². The molecule has 27 heavy (non-hydrogen) atoms. The van der Waals surface area contributed by atoms with Gasteiger partial charge in [-0.05, 0) is 42.7 Å². The smallest absolute Gasteiger partial charge is 0.287 e. The first-order valence-electron chi connectivity index (χ1n) is 8.88. The fraction of sp³-hybridized carbons (Fsp3) is 0.250. The van der Waals surface area contributed by atoms with Gasteiger partial charge in [0.15, 0.2) is 5.69 Å². The van der Waals surface area contributed by atoms with Crippen LogP contribution in [0, 0.1) is 0 Å². The van der Waals surface area contributed by atoms with Crippen LogP contribution in [-0.4, -0.2) is 34.3 Å². The molecule has 140 valence electrons. The Labute approximate surface area is 162 Å². The number of nitrogens with one attached hydrogen (secondary N) is 2. The topological polar surface area (TPSA) is 75.5 Å². The highest BCUT2D eigenvalue weighted by Crippen LogP contribution is 2.14. The first kappa shape index (κ1) is 18.9. The summed E-state index contributed by atoms with van der Waals surface area (Å²) in [6.07, 6.45) is 3.24. The molecule has 0 aliphatic carbocycles. The van der Waals surface area contributed by atoms with E-state index in [-0.39, 0.29) is 23.3 Å². The summed E-state index contributed by atoms with van der Waals surface area (Å²) in [6, 6.07) is 12.9. The minimum atomic E-state index is -0.304. The van der Waals surface area contributed by atoms with Gasteiger partial charge in [-0.15, -0.1) is 0 Å². The Kier molecular flexibility index (Phi) is 6.08. The maximum atomic E-state index is 12.6. The average Bonchev–Trinajstić information content (AvgIpc) is 3.07. The summed E-state index contributed by atoms with van der Waals surface area (Å²) in [5.41, 5.74) is 1.92. The van der Waals surface area contributed by atoms with Gasteiger partial charge in [-0.2, -0.15) is 0 Å². The minimum Gasteiger partial charge on any atom is -0.350 e. The number of amides is 2. The lowest BCUT2D eigenvalue weighted by atomic mass is 10.1. The molecule has 0 aliphatic heterocycles. The zero-order valence-corrected chi connectivity index (χ0v) is 15.8. The predicted molar refractivity (Wildman–Crippen MR) is 105 cm³/mol. The molecule has 0 aliphatic rings. The number of hydrogen-bond acceptors (Lipinski definition) is 3. The van der Waals surface area contributed by atoms with E-state index >= 15 is 0 Å². The zero-order chi connectivity index (χ0) is 19.2. The second-order valence-electron chi connectivity index (χ2n) is 6.13. The van der Waals surface area contributed by atoms with E-state index in [4.69, 9.17) is 11.6 Å². The lowest BCUT2D eigenvalue weighted by Crippen LogP contribution is -2.27. The van der Waals surface area contributed by atoms with Crippen LogP contribution in [0.5, 0.6) is 0 Å². The van der Waals surface area contributed by atoms with Crippen LogP contribution in [0.25, 0.3) is 5.52 Å². The van der Waals surface area contributed by atoms with Crippen LogP contribution in [0.3, 0.4) is 0 Å². The van der Waals surface area contributed by atoms with Crippen LogP contribution in [0.4, 0.5) is 0 Å². The number of halogens is 1. The van der Waals surface area contributed by atoms with Crippen molar-refractivity contribution in [1.82, 2.24) is 20.0 Å². The molecule has 0 bridgehead atoms. The SMILES string of the molecule is CCCNC(=O)c1nc(C(=O)NCCc2ccc(Cl)cc2)c2ccccn12. The third-order valence-electron chi connectivity index (χ3n) is 4.11. The van der Waals surface area contributed by atoms with Crippen molar-refractivity contribution in [3.05, 3.63) is 70.8 Å². The summed E-state index contributed by atoms with van der Waals surface area (Å²) >= 11 is 5.88. The Bertz CT molecular complexity index is 950. The number of aromatic nitrogens is 2. The zero-order valence-electron chi connectivity index (χ0n) is 15.0. The maximum absolute atomic E-state index is 12.6. The van der Waals surface area contributed by atoms with Crippen LogP contribution in [0.15, 0.2) is 48.7 Å². The summed E-state index contributed by atoms with van der Waals surface area (Å²) in [5.74, 6) is -0.387. The molecular weight excluding hydrogens is 364 g/mol. The number of rotatable bonds is 7. The molecule has 0 saturated heterocycles. The lowest BCUT2D eigenvalue weighted by molar-refractivity contribution is 0.0942. The molecule has 0 saturated carbocycles. The number of carbonyl (C=O) groups excluding carboxylic acids is 2. The summed E-state index contributed by atoms with van der Waals surface area (Å²) in [7, 11) is 0. The third-order valence-corrected chi connectivity index (χ3v) is 4.37. The van der Waals surface area contributed by atoms with E-state index in [0.717, 1.165) is 12.0 Å². The highest BCUT2D eigenvalue weighted by Gasteiger charge is 2.20. The molecule has 2 aromatic heterocycles. The van der Waals surface area contributed by atoms with Gasteiger partial charge in [0.05, 0.1) is 5.52 Å². The van der Waals surface area contributed by atoms with Gasteiger partial charge in [0.2, 0.25) is 5.82 Å². The average molecular weight is 385 g/mol. The molecule has 2 heterocycles. The van der Waals surface area contributed by atoms with Crippen LogP contribution < -0.4 is 10.6 Å². The molecule has 7 heteroatoms. The van der Waals surface area contributed by atoms with Crippen molar-refractivity contribution in [3.63, 3.8) is 0 Å². The van der Waals surface area contributed by atoms with E-state index in [1.807, 2.05) is 37.3 Å². The first-order chi connectivity index (χ1) is 13.1. The Morgan fingerprint density at radius 2 is 1.78 bits per heavy atom. The first-order valence-corrected chi connectivity index (χ1v) is 9.26. The molecule has 2 N–H and O–H groups in total. The number of pyridine rings is 1. The highest BCUT2D eigenvalue weighted by molar-refractivity contribution is 6.30. The fourth-order valence-corrected chi connectivity index (χ4v) is 2.86. The summed E-state index contributed by atoms with van der Waals surface area (Å²) in [6.45, 7) is 3.00. The van der Waals surface area contributed by atoms with Gasteiger partial charge in [0, 0.05) is 24.3 Å². The Hall–Kier alpha value is -2.86. The van der Waals surface area contributed by atoms with Gasteiger partial charge in [0.1, 0.15) is 0 Å². The van der Waals surface area contributed by atoms with Crippen molar-refractivity contribution in [2.24, 2.45) is 0 Å². The molecule has 0 radical (unpaired) electrons. The number of hydrogen-bond donors (Lipinski definition) is 2. The molecule has 0 spiro atoms. The Balaban J connectivity index is 1.74. The number of benzene rings is 1. The lowest BCUT2D eigenvalue weighted by Gasteiger charge is -2.04. The van der Waals surface area contributed by atoms with Crippen molar-refractivity contribution >= 4 is 28.9 Å². The van der Waals surface area contributed by atoms with Crippen molar-refractivity contribution in [1.29, 1.82) is 0 Å². The predicted octanol–water partition coefficient (Wildman–Crippen LogP) is 3.10. The minimum absolute atomic E-state index is 0.210. The highest BCUT2D eigenvalue weighted by atomic mass is 35.5. The molecule has 1 aromatic carbocycles. The summed E-state index contributed by atoms with van der Waals surface area (Å²) < 4.78 is 1.64. The van der Waals surface area contributed by atoms with Gasteiger partial charge >= 0.3 is 0 Å². The van der Waals surface area contributed by atoms with Crippen molar-refractivity contribution in [2.45, 2.75) is 19.8 Å². The number of nitrogens with zero attached hydrogens (tertiary/aromatic N) is 2. The van der Waals surface area contributed by atoms with Crippen LogP contribution in [-0.2, 0) is 6.42 Å². The molecule has 3 rings (SSSR count). The monoisotopic (exact) mass is 384 g/mol. The van der Waals surface area contributed by atoms with Crippen LogP contribution in [0.2, 0.25) is 5.02 Å². The van der Waals surface area contributed by atoms with E-state index in [1.54, 1.807) is 22.7 Å². The summed E-state index contributed by atoms with van der Waals surface area (Å²) in [5, 5.41) is 6.35. The van der Waals surface area contributed by atoms with E-state index in [2.05, 4.69) is 15.6 Å². The third kappa shape index (κ3) is 4.46. The van der Waals surface area contributed by atoms with Crippen LogP contribution in [0.1, 0.15) is 40.0 Å². The molecular formula is C20H21ClN4O2. The number of imidazole rings is 1. The molecule has 0 fully saturated rings. The Morgan fingerprint density at radius 3 is 2.52 bits per heavy atom. The van der Waals surface area contributed by atoms with Gasteiger partial charge in [-0.25, -0.2) is 4.98 Å². The van der Waals surface area contributed by atoms with Crippen molar-refractivity contribution < 1.29 is 9.59 Å². The largest absolute Gasteiger partial charge is 0.350 e. The van der Waals surface area contributed by atoms with E-state index in [0.29, 0.717) is 30.0 Å². The number of carbonyl (C=O) groups is 2. The quantitative estimate of drug-likeness (QED) is 0.657. The summed E-state index contributed by atoms with van der Waals surface area (Å²) in [4.78, 5) is 29.3. The second kappa shape index (κ2) is 8.68.